The molecular formula is C18H27NO3. The lowest BCUT2D eigenvalue weighted by atomic mass is 10.0. The van der Waals surface area contributed by atoms with Gasteiger partial charge < -0.3 is 14.8 Å². The lowest BCUT2D eigenvalue weighted by molar-refractivity contribution is -0.121. The first-order valence-electron chi connectivity index (χ1n) is 8.15. The highest BCUT2D eigenvalue weighted by atomic mass is 16.5. The number of ether oxygens (including phenoxy) is 2. The fraction of sp³-hybridized carbons (Fsp3) is 0.611. The van der Waals surface area contributed by atoms with Crippen LogP contribution in [0.25, 0.3) is 0 Å². The molecule has 1 aromatic rings. The van der Waals surface area contributed by atoms with Crippen LogP contribution in [0.1, 0.15) is 49.7 Å². The number of hydrogen-bond donors (Lipinski definition) is 1. The first-order chi connectivity index (χ1) is 10.6. The van der Waals surface area contributed by atoms with Crippen molar-refractivity contribution in [3.8, 4) is 11.5 Å². The average molecular weight is 305 g/mol. The number of rotatable bonds is 5. The molecule has 0 aromatic heterocycles. The molecule has 0 aliphatic heterocycles. The second-order valence-electron chi connectivity index (χ2n) is 6.07. The minimum absolute atomic E-state index is 0.0658. The predicted molar refractivity (Wildman–Crippen MR) is 87.6 cm³/mol. The summed E-state index contributed by atoms with van der Waals surface area (Å²) in [6.45, 7) is 1.97. The summed E-state index contributed by atoms with van der Waals surface area (Å²) in [5.41, 5.74) is 1.88. The summed E-state index contributed by atoms with van der Waals surface area (Å²) >= 11 is 0. The van der Waals surface area contributed by atoms with Gasteiger partial charge >= 0.3 is 0 Å². The first-order valence-corrected chi connectivity index (χ1v) is 8.15. The predicted octanol–water partition coefficient (Wildman–Crippen LogP) is 3.39. The second-order valence-corrected chi connectivity index (χ2v) is 6.07. The van der Waals surface area contributed by atoms with Gasteiger partial charge in [0, 0.05) is 11.6 Å². The normalized spacial score (nSPS) is 16.0. The Bertz CT molecular complexity index is 505. The van der Waals surface area contributed by atoms with E-state index in [4.69, 9.17) is 9.47 Å². The molecule has 4 nitrogen and oxygen atoms in total. The highest BCUT2D eigenvalue weighted by molar-refractivity contribution is 5.80. The molecule has 0 radical (unpaired) electrons. The van der Waals surface area contributed by atoms with E-state index in [-0.39, 0.29) is 5.91 Å². The molecule has 1 amide bonds. The molecule has 1 aliphatic carbocycles. The largest absolute Gasteiger partial charge is 0.496 e. The van der Waals surface area contributed by atoms with Crippen LogP contribution in [0.5, 0.6) is 11.5 Å². The van der Waals surface area contributed by atoms with Gasteiger partial charge in [-0.2, -0.15) is 0 Å². The molecule has 4 heteroatoms. The smallest absolute Gasteiger partial charge is 0.224 e. The van der Waals surface area contributed by atoms with Crippen LogP contribution in [-0.4, -0.2) is 26.2 Å². The SMILES string of the molecule is COc1cc(CC(=O)NC2CCCCCC2)c(OC)cc1C. The fourth-order valence-corrected chi connectivity index (χ4v) is 3.13. The second kappa shape index (κ2) is 8.06. The first kappa shape index (κ1) is 16.7. The molecule has 1 saturated carbocycles. The monoisotopic (exact) mass is 305 g/mol. The van der Waals surface area contributed by atoms with Crippen molar-refractivity contribution in [1.82, 2.24) is 5.32 Å². The number of hydrogen-bond acceptors (Lipinski definition) is 3. The Balaban J connectivity index is 2.03. The molecule has 1 fully saturated rings. The zero-order valence-electron chi connectivity index (χ0n) is 13.9. The van der Waals surface area contributed by atoms with Gasteiger partial charge in [0.2, 0.25) is 5.91 Å². The van der Waals surface area contributed by atoms with Crippen LogP contribution >= 0.6 is 0 Å². The highest BCUT2D eigenvalue weighted by Crippen LogP contribution is 2.28. The number of benzene rings is 1. The lowest BCUT2D eigenvalue weighted by Crippen LogP contribution is -2.35. The van der Waals surface area contributed by atoms with Gasteiger partial charge in [-0.25, -0.2) is 0 Å². The quantitative estimate of drug-likeness (QED) is 0.848. The summed E-state index contributed by atoms with van der Waals surface area (Å²) < 4.78 is 10.7. The van der Waals surface area contributed by atoms with Gasteiger partial charge in [-0.15, -0.1) is 0 Å². The van der Waals surface area contributed by atoms with Crippen molar-refractivity contribution in [2.75, 3.05) is 14.2 Å². The zero-order chi connectivity index (χ0) is 15.9. The molecule has 0 spiro atoms. The Morgan fingerprint density at radius 1 is 1.09 bits per heavy atom. The van der Waals surface area contributed by atoms with E-state index in [1.54, 1.807) is 14.2 Å². The van der Waals surface area contributed by atoms with Gasteiger partial charge in [0.15, 0.2) is 0 Å². The highest BCUT2D eigenvalue weighted by Gasteiger charge is 2.17. The topological polar surface area (TPSA) is 47.6 Å². The van der Waals surface area contributed by atoms with Crippen LogP contribution in [0.15, 0.2) is 12.1 Å². The lowest BCUT2D eigenvalue weighted by Gasteiger charge is -2.17. The molecule has 1 N–H and O–H groups in total. The van der Waals surface area contributed by atoms with E-state index in [0.29, 0.717) is 12.5 Å². The van der Waals surface area contributed by atoms with Crippen LogP contribution in [0.2, 0.25) is 0 Å². The minimum atomic E-state index is 0.0658. The number of carbonyl (C=O) groups excluding carboxylic acids is 1. The van der Waals surface area contributed by atoms with Crippen molar-refractivity contribution < 1.29 is 14.3 Å². The van der Waals surface area contributed by atoms with Crippen molar-refractivity contribution in [2.45, 2.75) is 57.9 Å². The summed E-state index contributed by atoms with van der Waals surface area (Å²) in [6, 6.07) is 4.15. The molecule has 0 unspecified atom stereocenters. The fourth-order valence-electron chi connectivity index (χ4n) is 3.13. The van der Waals surface area contributed by atoms with Crippen LogP contribution in [0.4, 0.5) is 0 Å². The van der Waals surface area contributed by atoms with Crippen LogP contribution in [0.3, 0.4) is 0 Å². The molecule has 0 atom stereocenters. The maximum atomic E-state index is 12.3. The van der Waals surface area contributed by atoms with Gasteiger partial charge in [-0.05, 0) is 37.5 Å². The van der Waals surface area contributed by atoms with E-state index in [1.807, 2.05) is 19.1 Å². The number of amides is 1. The Morgan fingerprint density at radius 2 is 1.73 bits per heavy atom. The molecule has 122 valence electrons. The molecule has 0 heterocycles. The Labute approximate surface area is 133 Å². The number of carbonyl (C=O) groups is 1. The zero-order valence-corrected chi connectivity index (χ0v) is 13.9. The third-order valence-electron chi connectivity index (χ3n) is 4.37. The third kappa shape index (κ3) is 4.39. The van der Waals surface area contributed by atoms with Gasteiger partial charge in [0.1, 0.15) is 11.5 Å². The molecule has 22 heavy (non-hydrogen) atoms. The summed E-state index contributed by atoms with van der Waals surface area (Å²) in [4.78, 5) is 12.3. The molecule has 1 aliphatic rings. The van der Waals surface area contributed by atoms with Gasteiger partial charge in [-0.1, -0.05) is 25.7 Å². The van der Waals surface area contributed by atoms with E-state index in [1.165, 1.54) is 25.7 Å². The van der Waals surface area contributed by atoms with E-state index in [9.17, 15) is 4.79 Å². The molecule has 2 rings (SSSR count). The van der Waals surface area contributed by atoms with Crippen LogP contribution in [0, 0.1) is 6.92 Å². The Morgan fingerprint density at radius 3 is 2.32 bits per heavy atom. The average Bonchev–Trinajstić information content (AvgIpc) is 2.77. The molecular weight excluding hydrogens is 278 g/mol. The van der Waals surface area contributed by atoms with Gasteiger partial charge in [0.05, 0.1) is 20.6 Å². The number of aryl methyl sites for hydroxylation is 1. The van der Waals surface area contributed by atoms with Crippen molar-refractivity contribution in [3.05, 3.63) is 23.3 Å². The van der Waals surface area contributed by atoms with Crippen LogP contribution in [-0.2, 0) is 11.2 Å². The van der Waals surface area contributed by atoms with Gasteiger partial charge in [-0.3, -0.25) is 4.79 Å². The van der Waals surface area contributed by atoms with Gasteiger partial charge in [0.25, 0.3) is 0 Å². The Hall–Kier alpha value is -1.71. The molecule has 0 saturated heterocycles. The molecule has 1 aromatic carbocycles. The van der Waals surface area contributed by atoms with E-state index >= 15 is 0 Å². The summed E-state index contributed by atoms with van der Waals surface area (Å²) in [6.07, 6.45) is 7.53. The van der Waals surface area contributed by atoms with Crippen molar-refractivity contribution >= 4 is 5.91 Å². The van der Waals surface area contributed by atoms with E-state index in [0.717, 1.165) is 35.5 Å². The van der Waals surface area contributed by atoms with Crippen molar-refractivity contribution in [3.63, 3.8) is 0 Å². The Kier molecular flexibility index (Phi) is 6.10. The maximum absolute atomic E-state index is 12.3. The third-order valence-corrected chi connectivity index (χ3v) is 4.37. The number of nitrogens with one attached hydrogen (secondary N) is 1. The van der Waals surface area contributed by atoms with E-state index < -0.39 is 0 Å². The summed E-state index contributed by atoms with van der Waals surface area (Å²) in [5, 5.41) is 3.18. The summed E-state index contributed by atoms with van der Waals surface area (Å²) in [5.74, 6) is 1.60. The summed E-state index contributed by atoms with van der Waals surface area (Å²) in [7, 11) is 3.28. The number of methoxy groups -OCH3 is 2. The minimum Gasteiger partial charge on any atom is -0.496 e. The van der Waals surface area contributed by atoms with E-state index in [2.05, 4.69) is 5.32 Å². The maximum Gasteiger partial charge on any atom is 0.224 e. The van der Waals surface area contributed by atoms with Crippen molar-refractivity contribution in [2.24, 2.45) is 0 Å². The van der Waals surface area contributed by atoms with Crippen molar-refractivity contribution in [1.29, 1.82) is 0 Å². The molecule has 0 bridgehead atoms. The van der Waals surface area contributed by atoms with Crippen LogP contribution < -0.4 is 14.8 Å². The standard InChI is InChI=1S/C18H27NO3/c1-13-10-17(22-3)14(11-16(13)21-2)12-18(20)19-15-8-6-4-5-7-9-15/h10-11,15H,4-9,12H2,1-3H3,(H,19,20).